The summed E-state index contributed by atoms with van der Waals surface area (Å²) in [7, 11) is 3.22. The number of rotatable bonds is 6. The minimum absolute atomic E-state index is 0.0553. The minimum Gasteiger partial charge on any atom is -0.497 e. The van der Waals surface area contributed by atoms with E-state index in [1.165, 1.54) is 0 Å². The first kappa shape index (κ1) is 22.2. The second-order valence-corrected chi connectivity index (χ2v) is 7.54. The molecule has 9 nitrogen and oxygen atoms in total. The van der Waals surface area contributed by atoms with Crippen LogP contribution in [0.15, 0.2) is 18.2 Å². The second-order valence-electron chi connectivity index (χ2n) is 7.54. The fourth-order valence-electron chi connectivity index (χ4n) is 3.80. The normalized spacial score (nSPS) is 18.6. The topological polar surface area (TPSA) is 83.6 Å². The number of amides is 3. The molecule has 2 fully saturated rings. The maximum absolute atomic E-state index is 12.6. The number of carbonyl (C=O) groups is 2. The number of morpholine rings is 1. The standard InChI is InChI=1S/C21H32N4O5/c1-16(18-14-17(28-2)4-5-19(18)29-3)22-20(26)15-23-6-8-24(9-7-23)21(27)25-10-12-30-13-11-25/h4-5,14,16H,6-13,15H2,1-3H3,(H,22,26). The van der Waals surface area contributed by atoms with Gasteiger partial charge in [-0.05, 0) is 25.1 Å². The summed E-state index contributed by atoms with van der Waals surface area (Å²) in [5, 5.41) is 3.04. The van der Waals surface area contributed by atoms with Gasteiger partial charge in [0, 0.05) is 44.8 Å². The molecule has 1 aromatic carbocycles. The Bertz CT molecular complexity index is 730. The van der Waals surface area contributed by atoms with Gasteiger partial charge in [-0.1, -0.05) is 0 Å². The molecule has 2 aliphatic heterocycles. The fraction of sp³-hybridized carbons (Fsp3) is 0.619. The van der Waals surface area contributed by atoms with Crippen molar-refractivity contribution in [2.24, 2.45) is 0 Å². The van der Waals surface area contributed by atoms with Crippen LogP contribution in [0.25, 0.3) is 0 Å². The lowest BCUT2D eigenvalue weighted by atomic mass is 10.1. The van der Waals surface area contributed by atoms with Crippen LogP contribution in [0.5, 0.6) is 11.5 Å². The van der Waals surface area contributed by atoms with Crippen LogP contribution in [0.1, 0.15) is 18.5 Å². The smallest absolute Gasteiger partial charge is 0.320 e. The molecule has 0 radical (unpaired) electrons. The van der Waals surface area contributed by atoms with Gasteiger partial charge in [0.05, 0.1) is 40.0 Å². The van der Waals surface area contributed by atoms with Gasteiger partial charge in [0.1, 0.15) is 11.5 Å². The van der Waals surface area contributed by atoms with Gasteiger partial charge in [-0.2, -0.15) is 0 Å². The van der Waals surface area contributed by atoms with E-state index in [9.17, 15) is 9.59 Å². The van der Waals surface area contributed by atoms with Gasteiger partial charge in [0.25, 0.3) is 0 Å². The van der Waals surface area contributed by atoms with Crippen LogP contribution in [0.2, 0.25) is 0 Å². The number of methoxy groups -OCH3 is 2. The summed E-state index contributed by atoms with van der Waals surface area (Å²) in [6.07, 6.45) is 0. The molecule has 0 aromatic heterocycles. The Labute approximate surface area is 177 Å². The van der Waals surface area contributed by atoms with Crippen LogP contribution in [0.3, 0.4) is 0 Å². The Kier molecular flexibility index (Phi) is 7.75. The number of carbonyl (C=O) groups excluding carboxylic acids is 2. The Morgan fingerprint density at radius 1 is 1.03 bits per heavy atom. The molecule has 1 N–H and O–H groups in total. The molecule has 30 heavy (non-hydrogen) atoms. The van der Waals surface area contributed by atoms with Crippen LogP contribution in [0.4, 0.5) is 4.79 Å². The first-order chi connectivity index (χ1) is 14.5. The molecule has 1 aromatic rings. The summed E-state index contributed by atoms with van der Waals surface area (Å²) in [6, 6.07) is 5.39. The summed E-state index contributed by atoms with van der Waals surface area (Å²) in [4.78, 5) is 30.9. The van der Waals surface area contributed by atoms with Crippen LogP contribution in [-0.4, -0.2) is 99.9 Å². The molecule has 166 valence electrons. The molecular formula is C21H32N4O5. The van der Waals surface area contributed by atoms with Crippen molar-refractivity contribution in [3.05, 3.63) is 23.8 Å². The van der Waals surface area contributed by atoms with Crippen molar-refractivity contribution >= 4 is 11.9 Å². The monoisotopic (exact) mass is 420 g/mol. The molecular weight excluding hydrogens is 388 g/mol. The van der Waals surface area contributed by atoms with Crippen molar-refractivity contribution in [1.29, 1.82) is 0 Å². The second kappa shape index (κ2) is 10.5. The van der Waals surface area contributed by atoms with E-state index in [0.29, 0.717) is 70.5 Å². The Morgan fingerprint density at radius 2 is 1.70 bits per heavy atom. The zero-order valence-corrected chi connectivity index (χ0v) is 18.1. The van der Waals surface area contributed by atoms with Gasteiger partial charge in [-0.25, -0.2) is 4.79 Å². The van der Waals surface area contributed by atoms with Gasteiger partial charge in [-0.3, -0.25) is 9.69 Å². The van der Waals surface area contributed by atoms with E-state index < -0.39 is 0 Å². The van der Waals surface area contributed by atoms with Crippen LogP contribution < -0.4 is 14.8 Å². The van der Waals surface area contributed by atoms with Gasteiger partial charge >= 0.3 is 6.03 Å². The van der Waals surface area contributed by atoms with Gasteiger partial charge in [0.15, 0.2) is 0 Å². The number of hydrogen-bond donors (Lipinski definition) is 1. The van der Waals surface area contributed by atoms with Gasteiger partial charge < -0.3 is 29.3 Å². The van der Waals surface area contributed by atoms with E-state index in [0.717, 1.165) is 5.56 Å². The molecule has 0 aliphatic carbocycles. The first-order valence-electron chi connectivity index (χ1n) is 10.4. The zero-order valence-electron chi connectivity index (χ0n) is 18.1. The van der Waals surface area contributed by atoms with E-state index in [1.54, 1.807) is 14.2 Å². The minimum atomic E-state index is -0.216. The SMILES string of the molecule is COc1ccc(OC)c(C(C)NC(=O)CN2CCN(C(=O)N3CCOCC3)CC2)c1. The highest BCUT2D eigenvalue weighted by Crippen LogP contribution is 2.29. The lowest BCUT2D eigenvalue weighted by Crippen LogP contribution is -2.55. The lowest BCUT2D eigenvalue weighted by Gasteiger charge is -2.38. The number of urea groups is 1. The fourth-order valence-corrected chi connectivity index (χ4v) is 3.80. The summed E-state index contributed by atoms with van der Waals surface area (Å²) in [5.74, 6) is 1.37. The van der Waals surface area contributed by atoms with Crippen LogP contribution in [-0.2, 0) is 9.53 Å². The highest BCUT2D eigenvalue weighted by molar-refractivity contribution is 5.79. The van der Waals surface area contributed by atoms with Crippen LogP contribution >= 0.6 is 0 Å². The third-order valence-corrected chi connectivity index (χ3v) is 5.57. The highest BCUT2D eigenvalue weighted by atomic mass is 16.5. The van der Waals surface area contributed by atoms with Crippen molar-refractivity contribution < 1.29 is 23.8 Å². The number of hydrogen-bond acceptors (Lipinski definition) is 6. The molecule has 2 aliphatic rings. The maximum atomic E-state index is 12.6. The molecule has 9 heteroatoms. The van der Waals surface area contributed by atoms with Crippen molar-refractivity contribution in [3.8, 4) is 11.5 Å². The quantitative estimate of drug-likeness (QED) is 0.738. The van der Waals surface area contributed by atoms with E-state index >= 15 is 0 Å². The summed E-state index contributed by atoms with van der Waals surface area (Å²) in [5.41, 5.74) is 0.867. The average Bonchev–Trinajstić information content (AvgIpc) is 2.79. The van der Waals surface area contributed by atoms with Gasteiger partial charge in [-0.15, -0.1) is 0 Å². The molecule has 3 rings (SSSR count). The lowest BCUT2D eigenvalue weighted by molar-refractivity contribution is -0.123. The third-order valence-electron chi connectivity index (χ3n) is 5.57. The Hall–Kier alpha value is -2.52. The van der Waals surface area contributed by atoms with Crippen molar-refractivity contribution in [1.82, 2.24) is 20.0 Å². The van der Waals surface area contributed by atoms with E-state index in [4.69, 9.17) is 14.2 Å². The summed E-state index contributed by atoms with van der Waals surface area (Å²) < 4.78 is 16.0. The van der Waals surface area contributed by atoms with Gasteiger partial charge in [0.2, 0.25) is 5.91 Å². The third kappa shape index (κ3) is 5.54. The average molecular weight is 421 g/mol. The zero-order chi connectivity index (χ0) is 21.5. The Balaban J connectivity index is 1.47. The molecule has 2 saturated heterocycles. The predicted octanol–water partition coefficient (Wildman–Crippen LogP) is 0.951. The number of benzene rings is 1. The summed E-state index contributed by atoms with van der Waals surface area (Å²) >= 11 is 0. The number of nitrogens with zero attached hydrogens (tertiary/aromatic N) is 3. The maximum Gasteiger partial charge on any atom is 0.320 e. The van der Waals surface area contributed by atoms with Crippen molar-refractivity contribution in [3.63, 3.8) is 0 Å². The molecule has 0 spiro atoms. The van der Waals surface area contributed by atoms with Crippen LogP contribution in [0, 0.1) is 0 Å². The molecule has 3 amide bonds. The molecule has 2 heterocycles. The number of piperazine rings is 1. The highest BCUT2D eigenvalue weighted by Gasteiger charge is 2.27. The van der Waals surface area contributed by atoms with E-state index in [-0.39, 0.29) is 18.0 Å². The van der Waals surface area contributed by atoms with E-state index in [1.807, 2.05) is 34.9 Å². The number of nitrogens with one attached hydrogen (secondary N) is 1. The predicted molar refractivity (Wildman–Crippen MR) is 112 cm³/mol. The molecule has 0 bridgehead atoms. The van der Waals surface area contributed by atoms with Crippen molar-refractivity contribution in [2.75, 3.05) is 73.2 Å². The molecule has 1 unspecified atom stereocenters. The first-order valence-corrected chi connectivity index (χ1v) is 10.4. The molecule has 1 atom stereocenters. The Morgan fingerprint density at radius 3 is 2.33 bits per heavy atom. The molecule has 0 saturated carbocycles. The van der Waals surface area contributed by atoms with Crippen molar-refractivity contribution in [2.45, 2.75) is 13.0 Å². The van der Waals surface area contributed by atoms with E-state index in [2.05, 4.69) is 10.2 Å². The summed E-state index contributed by atoms with van der Waals surface area (Å²) in [6.45, 7) is 7.33. The largest absolute Gasteiger partial charge is 0.497 e. The number of ether oxygens (including phenoxy) is 3.